The highest BCUT2D eigenvalue weighted by Crippen LogP contribution is 2.31. The number of carbonyl (C=O) groups is 2. The zero-order chi connectivity index (χ0) is 20.3. The summed E-state index contributed by atoms with van der Waals surface area (Å²) in [4.78, 5) is 34.9. The summed E-state index contributed by atoms with van der Waals surface area (Å²) in [5, 5.41) is 24.6. The van der Waals surface area contributed by atoms with Crippen molar-refractivity contribution in [2.24, 2.45) is 5.92 Å². The van der Waals surface area contributed by atoms with E-state index in [1.165, 1.54) is 47.4 Å². The number of nitro groups is 1. The van der Waals surface area contributed by atoms with Crippen molar-refractivity contribution in [3.8, 4) is 11.1 Å². The molecule has 0 aliphatic carbocycles. The van der Waals surface area contributed by atoms with Gasteiger partial charge in [-0.15, -0.1) is 0 Å². The van der Waals surface area contributed by atoms with Crippen LogP contribution in [0.25, 0.3) is 11.1 Å². The second kappa shape index (κ2) is 7.91. The number of nitrogens with zero attached hydrogens (tertiary/aromatic N) is 2. The highest BCUT2D eigenvalue weighted by Gasteiger charge is 2.31. The molecule has 0 unspecified atom stereocenters. The summed E-state index contributed by atoms with van der Waals surface area (Å²) in [7, 11) is 0. The maximum Gasteiger partial charge on any atom is 0.404 e. The highest BCUT2D eigenvalue weighted by molar-refractivity contribution is 5.93. The third-order valence-electron chi connectivity index (χ3n) is 4.40. The van der Waals surface area contributed by atoms with Crippen molar-refractivity contribution in [3.05, 3.63) is 58.4 Å². The molecule has 3 rings (SSSR count). The minimum absolute atomic E-state index is 0.00221. The zero-order valence-electron chi connectivity index (χ0n) is 14.6. The normalized spacial score (nSPS) is 13.5. The molecule has 1 aliphatic heterocycles. The number of carbonyl (C=O) groups excluding carboxylic acids is 1. The molecular formula is C18H17FN4O5. The van der Waals surface area contributed by atoms with Crippen LogP contribution in [0, 0.1) is 21.8 Å². The number of rotatable bonds is 5. The fourth-order valence-electron chi connectivity index (χ4n) is 2.91. The van der Waals surface area contributed by atoms with Crippen molar-refractivity contribution in [1.29, 1.82) is 0 Å². The number of carboxylic acid groups (broad SMARTS) is 1. The molecule has 146 valence electrons. The lowest BCUT2D eigenvalue weighted by molar-refractivity contribution is -0.383. The number of hydrogen-bond donors (Lipinski definition) is 3. The molecule has 2 aromatic rings. The van der Waals surface area contributed by atoms with E-state index in [1.807, 2.05) is 0 Å². The Bertz CT molecular complexity index is 913. The predicted molar refractivity (Wildman–Crippen MR) is 98.6 cm³/mol. The molecule has 0 aromatic heterocycles. The summed E-state index contributed by atoms with van der Waals surface area (Å²) in [6.07, 6.45) is -1.13. The number of urea groups is 1. The molecule has 0 radical (unpaired) electrons. The number of likely N-dealkylation sites (tertiary alicyclic amines) is 1. The largest absolute Gasteiger partial charge is 0.465 e. The van der Waals surface area contributed by atoms with Gasteiger partial charge in [0.2, 0.25) is 0 Å². The van der Waals surface area contributed by atoms with Crippen LogP contribution in [-0.2, 0) is 0 Å². The average molecular weight is 388 g/mol. The lowest BCUT2D eigenvalue weighted by Crippen LogP contribution is -2.55. The maximum atomic E-state index is 13.1. The molecule has 1 aliphatic rings. The van der Waals surface area contributed by atoms with Gasteiger partial charge >= 0.3 is 12.1 Å². The van der Waals surface area contributed by atoms with Gasteiger partial charge in [0, 0.05) is 31.6 Å². The molecule has 9 nitrogen and oxygen atoms in total. The van der Waals surface area contributed by atoms with Gasteiger partial charge in [-0.3, -0.25) is 10.1 Å². The Balaban J connectivity index is 1.72. The fraction of sp³-hybridized carbons (Fsp3) is 0.222. The van der Waals surface area contributed by atoms with E-state index in [-0.39, 0.29) is 23.8 Å². The Morgan fingerprint density at radius 2 is 1.82 bits per heavy atom. The number of anilines is 1. The van der Waals surface area contributed by atoms with Crippen LogP contribution in [0.5, 0.6) is 0 Å². The predicted octanol–water partition coefficient (Wildman–Crippen LogP) is 3.13. The SMILES string of the molecule is O=C(O)NCC1CN(C(=O)Nc2cc(-c3ccc(F)cc3)ccc2[N+](=O)[O-])C1. The molecule has 28 heavy (non-hydrogen) atoms. The van der Waals surface area contributed by atoms with Crippen LogP contribution in [0.15, 0.2) is 42.5 Å². The van der Waals surface area contributed by atoms with Crippen LogP contribution in [0.2, 0.25) is 0 Å². The van der Waals surface area contributed by atoms with Crippen LogP contribution in [0.1, 0.15) is 0 Å². The second-order valence-corrected chi connectivity index (χ2v) is 6.38. The van der Waals surface area contributed by atoms with Gasteiger partial charge in [-0.2, -0.15) is 0 Å². The van der Waals surface area contributed by atoms with Crippen LogP contribution in [0.4, 0.5) is 25.4 Å². The van der Waals surface area contributed by atoms with Crippen LogP contribution >= 0.6 is 0 Å². The minimum atomic E-state index is -1.13. The summed E-state index contributed by atoms with van der Waals surface area (Å²) >= 11 is 0. The number of nitrogens with one attached hydrogen (secondary N) is 2. The molecule has 1 saturated heterocycles. The minimum Gasteiger partial charge on any atom is -0.465 e. The van der Waals surface area contributed by atoms with E-state index in [2.05, 4.69) is 10.6 Å². The summed E-state index contributed by atoms with van der Waals surface area (Å²) in [6, 6.07) is 9.40. The summed E-state index contributed by atoms with van der Waals surface area (Å²) in [5.74, 6) is -0.397. The number of amides is 3. The fourth-order valence-corrected chi connectivity index (χ4v) is 2.91. The highest BCUT2D eigenvalue weighted by atomic mass is 19.1. The van der Waals surface area contributed by atoms with Crippen LogP contribution < -0.4 is 10.6 Å². The van der Waals surface area contributed by atoms with E-state index >= 15 is 0 Å². The van der Waals surface area contributed by atoms with Gasteiger partial charge in [-0.05, 0) is 35.4 Å². The summed E-state index contributed by atoms with van der Waals surface area (Å²) in [6.45, 7) is 0.925. The summed E-state index contributed by atoms with van der Waals surface area (Å²) in [5.41, 5.74) is 1.01. The standard InChI is InChI=1S/C18H17FN4O5/c19-14-4-1-12(2-5-14)13-3-6-16(23(27)28)15(7-13)21-17(24)22-9-11(10-22)8-20-18(25)26/h1-7,11,20H,8-10H2,(H,21,24)(H,25,26). The van der Waals surface area contributed by atoms with E-state index in [0.29, 0.717) is 24.2 Å². The zero-order valence-corrected chi connectivity index (χ0v) is 14.6. The van der Waals surface area contributed by atoms with Crippen molar-refractivity contribution < 1.29 is 24.0 Å². The quantitative estimate of drug-likeness (QED) is 0.536. The molecule has 0 atom stereocenters. The first kappa shape index (κ1) is 19.1. The van der Waals surface area contributed by atoms with Crippen molar-refractivity contribution in [2.75, 3.05) is 25.0 Å². The third-order valence-corrected chi connectivity index (χ3v) is 4.40. The lowest BCUT2D eigenvalue weighted by Gasteiger charge is -2.38. The van der Waals surface area contributed by atoms with E-state index in [1.54, 1.807) is 0 Å². The monoisotopic (exact) mass is 388 g/mol. The molecule has 0 bridgehead atoms. The molecule has 10 heteroatoms. The van der Waals surface area contributed by atoms with E-state index < -0.39 is 22.9 Å². The van der Waals surface area contributed by atoms with Crippen molar-refractivity contribution in [3.63, 3.8) is 0 Å². The molecular weight excluding hydrogens is 371 g/mol. The first-order valence-corrected chi connectivity index (χ1v) is 8.40. The van der Waals surface area contributed by atoms with Crippen molar-refractivity contribution in [2.45, 2.75) is 0 Å². The van der Waals surface area contributed by atoms with Gasteiger partial charge in [-0.1, -0.05) is 12.1 Å². The van der Waals surface area contributed by atoms with E-state index in [4.69, 9.17) is 5.11 Å². The molecule has 0 spiro atoms. The van der Waals surface area contributed by atoms with Gasteiger partial charge in [0.05, 0.1) is 4.92 Å². The summed E-state index contributed by atoms with van der Waals surface area (Å²) < 4.78 is 13.1. The number of halogens is 1. The topological polar surface area (TPSA) is 125 Å². The Hall–Kier alpha value is -3.69. The first-order valence-electron chi connectivity index (χ1n) is 8.40. The Morgan fingerprint density at radius 3 is 2.43 bits per heavy atom. The second-order valence-electron chi connectivity index (χ2n) is 6.38. The molecule has 3 amide bonds. The van der Waals surface area contributed by atoms with Gasteiger partial charge in [0.15, 0.2) is 0 Å². The number of benzene rings is 2. The maximum absolute atomic E-state index is 13.1. The number of hydrogen-bond acceptors (Lipinski definition) is 4. The number of nitro benzene ring substituents is 1. The van der Waals surface area contributed by atoms with Gasteiger partial charge in [0.25, 0.3) is 5.69 Å². The Labute approximate surface area is 158 Å². The van der Waals surface area contributed by atoms with Crippen LogP contribution in [0.3, 0.4) is 0 Å². The third kappa shape index (κ3) is 4.34. The van der Waals surface area contributed by atoms with Gasteiger partial charge in [0.1, 0.15) is 11.5 Å². The molecule has 0 saturated carbocycles. The van der Waals surface area contributed by atoms with Crippen LogP contribution in [-0.4, -0.2) is 46.7 Å². The Morgan fingerprint density at radius 1 is 1.18 bits per heavy atom. The van der Waals surface area contributed by atoms with Crippen molar-refractivity contribution in [1.82, 2.24) is 10.2 Å². The van der Waals surface area contributed by atoms with Crippen molar-refractivity contribution >= 4 is 23.5 Å². The van der Waals surface area contributed by atoms with Gasteiger partial charge in [-0.25, -0.2) is 14.0 Å². The van der Waals surface area contributed by atoms with Gasteiger partial charge < -0.3 is 20.6 Å². The smallest absolute Gasteiger partial charge is 0.404 e. The van der Waals surface area contributed by atoms with E-state index in [0.717, 1.165) is 0 Å². The molecule has 3 N–H and O–H groups in total. The van der Waals surface area contributed by atoms with E-state index in [9.17, 15) is 24.1 Å². The lowest BCUT2D eigenvalue weighted by atomic mass is 10.0. The molecule has 1 fully saturated rings. The average Bonchev–Trinajstić information content (AvgIpc) is 2.60. The molecule has 2 aromatic carbocycles. The first-order chi connectivity index (χ1) is 13.3. The Kier molecular flexibility index (Phi) is 5.39. The molecule has 1 heterocycles.